The van der Waals surface area contributed by atoms with Crippen LogP contribution in [0.2, 0.25) is 0 Å². The van der Waals surface area contributed by atoms with Crippen LogP contribution in [-0.2, 0) is 9.53 Å². The third kappa shape index (κ3) is 3.96. The van der Waals surface area contributed by atoms with Crippen molar-refractivity contribution in [3.63, 3.8) is 0 Å². The van der Waals surface area contributed by atoms with E-state index in [0.717, 1.165) is 13.1 Å². The van der Waals surface area contributed by atoms with Crippen LogP contribution in [0.25, 0.3) is 0 Å². The number of carbonyl (C=O) groups excluding carboxylic acids is 1. The third-order valence-electron chi connectivity index (χ3n) is 3.97. The van der Waals surface area contributed by atoms with Gasteiger partial charge in [-0.2, -0.15) is 0 Å². The van der Waals surface area contributed by atoms with E-state index >= 15 is 0 Å². The van der Waals surface area contributed by atoms with Crippen LogP contribution in [0.1, 0.15) is 39.0 Å². The quantitative estimate of drug-likeness (QED) is 0.734. The Kier molecular flexibility index (Phi) is 5.92. The second-order valence-corrected chi connectivity index (χ2v) is 4.97. The van der Waals surface area contributed by atoms with Gasteiger partial charge < -0.3 is 10.1 Å². The SMILES string of the molecule is CCN(C)C1(CNC(=O)CCOC)CCCC1. The molecule has 1 aliphatic carbocycles. The summed E-state index contributed by atoms with van der Waals surface area (Å²) in [5.41, 5.74) is 0.192. The van der Waals surface area contributed by atoms with Gasteiger partial charge in [0.25, 0.3) is 0 Å². The van der Waals surface area contributed by atoms with E-state index in [-0.39, 0.29) is 11.4 Å². The first kappa shape index (κ1) is 14.5. The zero-order chi connectivity index (χ0) is 12.7. The first-order valence-electron chi connectivity index (χ1n) is 6.61. The van der Waals surface area contributed by atoms with Gasteiger partial charge in [-0.15, -0.1) is 0 Å². The van der Waals surface area contributed by atoms with E-state index in [2.05, 4.69) is 24.2 Å². The lowest BCUT2D eigenvalue weighted by Gasteiger charge is -2.38. The van der Waals surface area contributed by atoms with Crippen molar-refractivity contribution >= 4 is 5.91 Å². The normalized spacial score (nSPS) is 18.6. The van der Waals surface area contributed by atoms with Crippen molar-refractivity contribution < 1.29 is 9.53 Å². The topological polar surface area (TPSA) is 41.6 Å². The standard InChI is InChI=1S/C13H26N2O2/c1-4-15(2)13(8-5-6-9-13)11-14-12(16)7-10-17-3/h4-11H2,1-3H3,(H,14,16). The molecule has 0 aromatic rings. The molecule has 0 aliphatic heterocycles. The lowest BCUT2D eigenvalue weighted by molar-refractivity contribution is -0.122. The van der Waals surface area contributed by atoms with Gasteiger partial charge in [0.05, 0.1) is 6.61 Å². The molecule has 0 radical (unpaired) electrons. The largest absolute Gasteiger partial charge is 0.384 e. The van der Waals surface area contributed by atoms with Gasteiger partial charge in [0.15, 0.2) is 0 Å². The highest BCUT2D eigenvalue weighted by molar-refractivity contribution is 5.76. The number of ether oxygens (including phenoxy) is 1. The van der Waals surface area contributed by atoms with Crippen molar-refractivity contribution in [3.8, 4) is 0 Å². The van der Waals surface area contributed by atoms with Gasteiger partial charge in [-0.05, 0) is 26.4 Å². The summed E-state index contributed by atoms with van der Waals surface area (Å²) in [6.45, 7) is 4.49. The summed E-state index contributed by atoms with van der Waals surface area (Å²) in [4.78, 5) is 14.0. The molecular formula is C13H26N2O2. The summed E-state index contributed by atoms with van der Waals surface area (Å²) >= 11 is 0. The Morgan fingerprint density at radius 2 is 2.06 bits per heavy atom. The maximum Gasteiger partial charge on any atom is 0.222 e. The number of hydrogen-bond acceptors (Lipinski definition) is 3. The highest BCUT2D eigenvalue weighted by atomic mass is 16.5. The van der Waals surface area contributed by atoms with Gasteiger partial charge in [0.1, 0.15) is 0 Å². The molecule has 0 spiro atoms. The zero-order valence-corrected chi connectivity index (χ0v) is 11.4. The van der Waals surface area contributed by atoms with Gasteiger partial charge >= 0.3 is 0 Å². The highest BCUT2D eigenvalue weighted by Gasteiger charge is 2.36. The van der Waals surface area contributed by atoms with Gasteiger partial charge in [0, 0.05) is 25.6 Å². The van der Waals surface area contributed by atoms with E-state index in [4.69, 9.17) is 4.74 Å². The Morgan fingerprint density at radius 3 is 2.59 bits per heavy atom. The number of hydrogen-bond donors (Lipinski definition) is 1. The molecular weight excluding hydrogens is 216 g/mol. The summed E-state index contributed by atoms with van der Waals surface area (Å²) < 4.78 is 4.91. The Morgan fingerprint density at radius 1 is 1.41 bits per heavy atom. The number of rotatable bonds is 7. The molecule has 1 amide bonds. The monoisotopic (exact) mass is 242 g/mol. The molecule has 0 atom stereocenters. The van der Waals surface area contributed by atoms with Gasteiger partial charge in [0.2, 0.25) is 5.91 Å². The van der Waals surface area contributed by atoms with Crippen LogP contribution >= 0.6 is 0 Å². The van der Waals surface area contributed by atoms with Crippen LogP contribution in [0.5, 0.6) is 0 Å². The van der Waals surface area contributed by atoms with E-state index in [9.17, 15) is 4.79 Å². The molecule has 1 fully saturated rings. The molecule has 4 heteroatoms. The van der Waals surface area contributed by atoms with Crippen LogP contribution in [0.4, 0.5) is 0 Å². The van der Waals surface area contributed by atoms with E-state index in [0.29, 0.717) is 13.0 Å². The second kappa shape index (κ2) is 6.97. The predicted octanol–water partition coefficient (Wildman–Crippen LogP) is 1.40. The number of nitrogens with one attached hydrogen (secondary N) is 1. The number of methoxy groups -OCH3 is 1. The molecule has 0 saturated heterocycles. The highest BCUT2D eigenvalue weighted by Crippen LogP contribution is 2.33. The van der Waals surface area contributed by atoms with Crippen molar-refractivity contribution in [1.29, 1.82) is 0 Å². The summed E-state index contributed by atoms with van der Waals surface area (Å²) in [5.74, 6) is 0.0997. The lowest BCUT2D eigenvalue weighted by Crippen LogP contribution is -2.52. The fourth-order valence-corrected chi connectivity index (χ4v) is 2.61. The summed E-state index contributed by atoms with van der Waals surface area (Å²) in [7, 11) is 3.78. The average molecular weight is 242 g/mol. The number of likely N-dealkylation sites (N-methyl/N-ethyl adjacent to an activating group) is 1. The number of nitrogens with zero attached hydrogens (tertiary/aromatic N) is 1. The minimum Gasteiger partial charge on any atom is -0.384 e. The van der Waals surface area contributed by atoms with Crippen molar-refractivity contribution in [2.75, 3.05) is 33.9 Å². The molecule has 1 rings (SSSR count). The third-order valence-corrected chi connectivity index (χ3v) is 3.97. The smallest absolute Gasteiger partial charge is 0.222 e. The minimum atomic E-state index is 0.0997. The lowest BCUT2D eigenvalue weighted by atomic mass is 9.95. The average Bonchev–Trinajstić information content (AvgIpc) is 2.82. The minimum absolute atomic E-state index is 0.0997. The van der Waals surface area contributed by atoms with Crippen molar-refractivity contribution in [1.82, 2.24) is 10.2 Å². The van der Waals surface area contributed by atoms with Gasteiger partial charge in [-0.3, -0.25) is 9.69 Å². The second-order valence-electron chi connectivity index (χ2n) is 4.97. The molecule has 1 saturated carbocycles. The number of carbonyl (C=O) groups is 1. The molecule has 4 nitrogen and oxygen atoms in total. The summed E-state index contributed by atoms with van der Waals surface area (Å²) in [6.07, 6.45) is 5.41. The van der Waals surface area contributed by atoms with Crippen molar-refractivity contribution in [2.24, 2.45) is 0 Å². The molecule has 17 heavy (non-hydrogen) atoms. The molecule has 0 aromatic heterocycles. The van der Waals surface area contributed by atoms with Crippen LogP contribution in [-0.4, -0.2) is 50.2 Å². The number of amides is 1. The molecule has 0 unspecified atom stereocenters. The molecule has 1 N–H and O–H groups in total. The van der Waals surface area contributed by atoms with Crippen molar-refractivity contribution in [2.45, 2.75) is 44.6 Å². The van der Waals surface area contributed by atoms with Crippen LogP contribution < -0.4 is 5.32 Å². The van der Waals surface area contributed by atoms with Crippen LogP contribution in [0.15, 0.2) is 0 Å². The maximum atomic E-state index is 11.6. The van der Waals surface area contributed by atoms with E-state index in [1.54, 1.807) is 7.11 Å². The predicted molar refractivity (Wildman–Crippen MR) is 69.0 cm³/mol. The van der Waals surface area contributed by atoms with Crippen LogP contribution in [0, 0.1) is 0 Å². The first-order chi connectivity index (χ1) is 8.14. The molecule has 0 bridgehead atoms. The van der Waals surface area contributed by atoms with Crippen LogP contribution in [0.3, 0.4) is 0 Å². The molecule has 0 aromatic carbocycles. The van der Waals surface area contributed by atoms with E-state index in [1.807, 2.05) is 0 Å². The molecule has 1 aliphatic rings. The van der Waals surface area contributed by atoms with Crippen molar-refractivity contribution in [3.05, 3.63) is 0 Å². The molecule has 0 heterocycles. The van der Waals surface area contributed by atoms with E-state index in [1.165, 1.54) is 25.7 Å². The first-order valence-corrected chi connectivity index (χ1v) is 6.61. The van der Waals surface area contributed by atoms with E-state index < -0.39 is 0 Å². The summed E-state index contributed by atoms with van der Waals surface area (Å²) in [5, 5.41) is 3.05. The fraction of sp³-hybridized carbons (Fsp3) is 0.923. The Balaban J connectivity index is 2.42. The van der Waals surface area contributed by atoms with Gasteiger partial charge in [-0.1, -0.05) is 19.8 Å². The maximum absolute atomic E-state index is 11.6. The summed E-state index contributed by atoms with van der Waals surface area (Å²) in [6, 6.07) is 0. The Hall–Kier alpha value is -0.610. The Bertz CT molecular complexity index is 238. The zero-order valence-electron chi connectivity index (χ0n) is 11.4. The fourth-order valence-electron chi connectivity index (χ4n) is 2.61. The molecule has 100 valence electrons. The Labute approximate surface area is 105 Å². The van der Waals surface area contributed by atoms with Gasteiger partial charge in [-0.25, -0.2) is 0 Å².